The maximum absolute atomic E-state index is 5.85. The average Bonchev–Trinajstić information content (AvgIpc) is 2.82. The lowest BCUT2D eigenvalue weighted by atomic mass is 10.3. The van der Waals surface area contributed by atoms with Gasteiger partial charge in [-0.1, -0.05) is 6.08 Å². The summed E-state index contributed by atoms with van der Waals surface area (Å²) in [4.78, 5) is 4.42. The molecule has 0 amide bonds. The van der Waals surface area contributed by atoms with Crippen molar-refractivity contribution in [3.05, 3.63) is 23.7 Å². The number of nitrogen functional groups attached to an aromatic ring is 1. The van der Waals surface area contributed by atoms with Crippen molar-refractivity contribution in [1.82, 2.24) is 9.36 Å². The van der Waals surface area contributed by atoms with Crippen molar-refractivity contribution in [3.63, 3.8) is 0 Å². The predicted octanol–water partition coefficient (Wildman–Crippen LogP) is 2.76. The molecule has 0 atom stereocenters. The molecule has 4 nitrogen and oxygen atoms in total. The van der Waals surface area contributed by atoms with Crippen molar-refractivity contribution < 1.29 is 0 Å². The average molecular weight is 252 g/mol. The summed E-state index contributed by atoms with van der Waals surface area (Å²) in [5.41, 5.74) is 7.76. The van der Waals surface area contributed by atoms with Crippen molar-refractivity contribution in [2.45, 2.75) is 6.92 Å². The van der Waals surface area contributed by atoms with Crippen LogP contribution in [-0.4, -0.2) is 15.9 Å². The van der Waals surface area contributed by atoms with E-state index in [2.05, 4.69) is 21.3 Å². The van der Waals surface area contributed by atoms with E-state index in [0.29, 0.717) is 12.4 Å². The lowest BCUT2D eigenvalue weighted by Gasteiger charge is -2.01. The first kappa shape index (κ1) is 11.1. The summed E-state index contributed by atoms with van der Waals surface area (Å²) >= 11 is 2.93. The first-order chi connectivity index (χ1) is 7.72. The molecule has 0 aliphatic rings. The summed E-state index contributed by atoms with van der Waals surface area (Å²) < 4.78 is 4.14. The van der Waals surface area contributed by atoms with E-state index in [0.717, 1.165) is 21.3 Å². The molecular formula is C10H12N4S2. The summed E-state index contributed by atoms with van der Waals surface area (Å²) in [7, 11) is 0. The van der Waals surface area contributed by atoms with Crippen LogP contribution in [0.3, 0.4) is 0 Å². The SMILES string of the molecule is C=CCNc1snc(N)c1-c1nc(C)cs1. The summed E-state index contributed by atoms with van der Waals surface area (Å²) in [6, 6.07) is 0. The quantitative estimate of drug-likeness (QED) is 0.821. The molecule has 0 spiro atoms. The van der Waals surface area contributed by atoms with E-state index in [-0.39, 0.29) is 0 Å². The fraction of sp³-hybridized carbons (Fsp3) is 0.200. The number of hydrogen-bond acceptors (Lipinski definition) is 6. The topological polar surface area (TPSA) is 63.8 Å². The Morgan fingerprint density at radius 1 is 1.62 bits per heavy atom. The molecule has 6 heteroatoms. The normalized spacial score (nSPS) is 10.3. The lowest BCUT2D eigenvalue weighted by Crippen LogP contribution is -1.97. The van der Waals surface area contributed by atoms with Crippen LogP contribution < -0.4 is 11.1 Å². The Labute approximate surface area is 102 Å². The molecule has 2 aromatic heterocycles. The van der Waals surface area contributed by atoms with E-state index in [1.165, 1.54) is 11.5 Å². The molecule has 84 valence electrons. The van der Waals surface area contributed by atoms with Gasteiger partial charge in [0.05, 0.1) is 5.56 Å². The number of thiazole rings is 1. The monoisotopic (exact) mass is 252 g/mol. The molecule has 0 saturated heterocycles. The highest BCUT2D eigenvalue weighted by Gasteiger charge is 2.15. The van der Waals surface area contributed by atoms with Crippen LogP contribution in [0.4, 0.5) is 10.8 Å². The Morgan fingerprint density at radius 3 is 3.06 bits per heavy atom. The molecular weight excluding hydrogens is 240 g/mol. The van der Waals surface area contributed by atoms with E-state index in [1.807, 2.05) is 12.3 Å². The first-order valence-corrected chi connectivity index (χ1v) is 6.40. The van der Waals surface area contributed by atoms with Gasteiger partial charge in [0.1, 0.15) is 15.8 Å². The summed E-state index contributed by atoms with van der Waals surface area (Å²) in [6.45, 7) is 6.33. The molecule has 0 saturated carbocycles. The number of anilines is 2. The van der Waals surface area contributed by atoms with Crippen LogP contribution in [0, 0.1) is 6.92 Å². The van der Waals surface area contributed by atoms with Gasteiger partial charge in [-0.05, 0) is 18.5 Å². The number of nitrogens with two attached hydrogens (primary N) is 1. The number of aryl methyl sites for hydroxylation is 1. The number of nitrogens with zero attached hydrogens (tertiary/aromatic N) is 2. The van der Waals surface area contributed by atoms with Gasteiger partial charge in [-0.15, -0.1) is 17.9 Å². The molecule has 0 aliphatic carbocycles. The minimum atomic E-state index is 0.533. The van der Waals surface area contributed by atoms with Crippen molar-refractivity contribution >= 4 is 33.7 Å². The minimum absolute atomic E-state index is 0.533. The fourth-order valence-corrected chi connectivity index (χ4v) is 2.91. The standard InChI is InChI=1S/C10H12N4S2/c1-3-4-12-9-7(8(11)14-16-9)10-13-6(2)5-15-10/h3,5,12H,1,4H2,2H3,(H2,11,14). The van der Waals surface area contributed by atoms with Gasteiger partial charge in [0.25, 0.3) is 0 Å². The second kappa shape index (κ2) is 4.63. The maximum atomic E-state index is 5.85. The predicted molar refractivity (Wildman–Crippen MR) is 71.1 cm³/mol. The Hall–Kier alpha value is -1.40. The number of hydrogen-bond donors (Lipinski definition) is 2. The zero-order chi connectivity index (χ0) is 11.5. The molecule has 0 bridgehead atoms. The van der Waals surface area contributed by atoms with Gasteiger partial charge < -0.3 is 11.1 Å². The van der Waals surface area contributed by atoms with E-state index < -0.39 is 0 Å². The Bertz CT molecular complexity index is 501. The lowest BCUT2D eigenvalue weighted by molar-refractivity contribution is 1.27. The van der Waals surface area contributed by atoms with Crippen LogP contribution in [-0.2, 0) is 0 Å². The van der Waals surface area contributed by atoms with E-state index in [1.54, 1.807) is 17.4 Å². The third kappa shape index (κ3) is 2.07. The van der Waals surface area contributed by atoms with E-state index >= 15 is 0 Å². The summed E-state index contributed by atoms with van der Waals surface area (Å²) in [5.74, 6) is 0.533. The van der Waals surface area contributed by atoms with Crippen LogP contribution in [0.15, 0.2) is 18.0 Å². The highest BCUT2D eigenvalue weighted by Crippen LogP contribution is 2.38. The maximum Gasteiger partial charge on any atom is 0.149 e. The Kier molecular flexibility index (Phi) is 3.21. The molecule has 0 aliphatic heterocycles. The second-order valence-corrected chi connectivity index (χ2v) is 4.87. The van der Waals surface area contributed by atoms with E-state index in [9.17, 15) is 0 Å². The van der Waals surface area contributed by atoms with Crippen LogP contribution in [0.2, 0.25) is 0 Å². The second-order valence-electron chi connectivity index (χ2n) is 3.24. The van der Waals surface area contributed by atoms with Crippen LogP contribution in [0.1, 0.15) is 5.69 Å². The molecule has 16 heavy (non-hydrogen) atoms. The van der Waals surface area contributed by atoms with Gasteiger partial charge in [-0.3, -0.25) is 0 Å². The zero-order valence-electron chi connectivity index (χ0n) is 8.86. The Balaban J connectivity index is 2.38. The van der Waals surface area contributed by atoms with Gasteiger partial charge in [-0.2, -0.15) is 4.37 Å². The van der Waals surface area contributed by atoms with Gasteiger partial charge in [0, 0.05) is 17.6 Å². The third-order valence-corrected chi connectivity index (χ3v) is 3.75. The molecule has 0 aromatic carbocycles. The molecule has 2 heterocycles. The minimum Gasteiger partial charge on any atom is -0.382 e. The van der Waals surface area contributed by atoms with Crippen molar-refractivity contribution in [2.75, 3.05) is 17.6 Å². The molecule has 0 unspecified atom stereocenters. The molecule has 0 radical (unpaired) electrons. The van der Waals surface area contributed by atoms with Gasteiger partial charge in [-0.25, -0.2) is 4.98 Å². The fourth-order valence-electron chi connectivity index (χ4n) is 1.26. The third-order valence-electron chi connectivity index (χ3n) is 1.96. The van der Waals surface area contributed by atoms with Crippen molar-refractivity contribution in [1.29, 1.82) is 0 Å². The largest absolute Gasteiger partial charge is 0.382 e. The molecule has 2 aromatic rings. The van der Waals surface area contributed by atoms with E-state index in [4.69, 9.17) is 5.73 Å². The van der Waals surface area contributed by atoms with Crippen LogP contribution in [0.5, 0.6) is 0 Å². The summed E-state index contributed by atoms with van der Waals surface area (Å²) in [6.07, 6.45) is 1.80. The van der Waals surface area contributed by atoms with Crippen molar-refractivity contribution in [3.8, 4) is 10.6 Å². The summed E-state index contributed by atoms with van der Waals surface area (Å²) in [5, 5.41) is 7.08. The van der Waals surface area contributed by atoms with Gasteiger partial charge in [0.2, 0.25) is 0 Å². The van der Waals surface area contributed by atoms with Gasteiger partial charge in [0.15, 0.2) is 0 Å². The molecule has 3 N–H and O–H groups in total. The number of nitrogens with one attached hydrogen (secondary N) is 1. The molecule has 0 fully saturated rings. The highest BCUT2D eigenvalue weighted by molar-refractivity contribution is 7.15. The van der Waals surface area contributed by atoms with Crippen LogP contribution >= 0.6 is 22.9 Å². The smallest absolute Gasteiger partial charge is 0.149 e. The first-order valence-electron chi connectivity index (χ1n) is 4.74. The Morgan fingerprint density at radius 2 is 2.44 bits per heavy atom. The number of rotatable bonds is 4. The van der Waals surface area contributed by atoms with Crippen LogP contribution in [0.25, 0.3) is 10.6 Å². The van der Waals surface area contributed by atoms with Gasteiger partial charge >= 0.3 is 0 Å². The molecule has 2 rings (SSSR count). The highest BCUT2D eigenvalue weighted by atomic mass is 32.1. The van der Waals surface area contributed by atoms with Crippen molar-refractivity contribution in [2.24, 2.45) is 0 Å². The number of aromatic nitrogens is 2. The zero-order valence-corrected chi connectivity index (χ0v) is 10.5.